The summed E-state index contributed by atoms with van der Waals surface area (Å²) < 4.78 is 19.0. The van der Waals surface area contributed by atoms with E-state index in [2.05, 4.69) is 15.8 Å². The Balaban J connectivity index is 1.83. The molecule has 3 aromatic rings. The Kier molecular flexibility index (Phi) is 6.06. The summed E-state index contributed by atoms with van der Waals surface area (Å²) in [5, 5.41) is 8.81. The van der Waals surface area contributed by atoms with Crippen LogP contribution in [-0.2, 0) is 11.2 Å². The SMILES string of the molecule is Cc1cc(NC(=O)[C@H](Cc2ccccc2)NC(=O)c2c(F)cccc2Cl)no1. The van der Waals surface area contributed by atoms with Gasteiger partial charge in [0.15, 0.2) is 5.82 Å². The van der Waals surface area contributed by atoms with Gasteiger partial charge in [-0.15, -0.1) is 0 Å². The fraction of sp³-hybridized carbons (Fsp3) is 0.150. The predicted molar refractivity (Wildman–Crippen MR) is 103 cm³/mol. The van der Waals surface area contributed by atoms with Crippen LogP contribution in [0.15, 0.2) is 59.1 Å². The van der Waals surface area contributed by atoms with E-state index in [4.69, 9.17) is 16.1 Å². The normalized spacial score (nSPS) is 11.7. The molecule has 0 fully saturated rings. The van der Waals surface area contributed by atoms with Crippen LogP contribution in [0.4, 0.5) is 10.2 Å². The average molecular weight is 402 g/mol. The fourth-order valence-corrected chi connectivity index (χ4v) is 2.89. The third-order valence-corrected chi connectivity index (χ3v) is 4.29. The molecule has 0 aliphatic rings. The van der Waals surface area contributed by atoms with Crippen LogP contribution in [0.2, 0.25) is 5.02 Å². The molecule has 0 radical (unpaired) electrons. The molecule has 0 saturated carbocycles. The number of hydrogen-bond acceptors (Lipinski definition) is 4. The molecular weight excluding hydrogens is 385 g/mol. The summed E-state index contributed by atoms with van der Waals surface area (Å²) in [6.45, 7) is 1.69. The van der Waals surface area contributed by atoms with Crippen molar-refractivity contribution in [2.24, 2.45) is 0 Å². The predicted octanol–water partition coefficient (Wildman–Crippen LogP) is 3.76. The number of nitrogens with zero attached hydrogens (tertiary/aromatic N) is 1. The number of aromatic nitrogens is 1. The van der Waals surface area contributed by atoms with Crippen LogP contribution in [0.1, 0.15) is 21.7 Å². The highest BCUT2D eigenvalue weighted by molar-refractivity contribution is 6.33. The van der Waals surface area contributed by atoms with Gasteiger partial charge >= 0.3 is 0 Å². The van der Waals surface area contributed by atoms with Crippen molar-refractivity contribution in [2.75, 3.05) is 5.32 Å². The highest BCUT2D eigenvalue weighted by Gasteiger charge is 2.25. The van der Waals surface area contributed by atoms with Gasteiger partial charge in [0.25, 0.3) is 5.91 Å². The molecule has 0 bridgehead atoms. The highest BCUT2D eigenvalue weighted by atomic mass is 35.5. The molecule has 2 aromatic carbocycles. The number of rotatable bonds is 6. The topological polar surface area (TPSA) is 84.2 Å². The van der Waals surface area contributed by atoms with E-state index >= 15 is 0 Å². The Labute approximate surface area is 165 Å². The first-order valence-corrected chi connectivity index (χ1v) is 8.85. The van der Waals surface area contributed by atoms with Crippen molar-refractivity contribution >= 4 is 29.2 Å². The molecular formula is C20H17ClFN3O3. The van der Waals surface area contributed by atoms with Crippen LogP contribution in [0, 0.1) is 12.7 Å². The van der Waals surface area contributed by atoms with E-state index in [1.807, 2.05) is 30.3 Å². The van der Waals surface area contributed by atoms with Crippen LogP contribution in [-0.4, -0.2) is 23.0 Å². The van der Waals surface area contributed by atoms with Gasteiger partial charge in [0, 0.05) is 12.5 Å². The lowest BCUT2D eigenvalue weighted by atomic mass is 10.0. The zero-order valence-corrected chi connectivity index (χ0v) is 15.7. The summed E-state index contributed by atoms with van der Waals surface area (Å²) in [6.07, 6.45) is 0.196. The van der Waals surface area contributed by atoms with Crippen molar-refractivity contribution in [1.29, 1.82) is 0 Å². The van der Waals surface area contributed by atoms with Gasteiger partial charge in [0.1, 0.15) is 17.6 Å². The number of carbonyl (C=O) groups excluding carboxylic acids is 2. The molecule has 0 aliphatic heterocycles. The highest BCUT2D eigenvalue weighted by Crippen LogP contribution is 2.19. The maximum Gasteiger partial charge on any atom is 0.256 e. The van der Waals surface area contributed by atoms with Crippen molar-refractivity contribution < 1.29 is 18.5 Å². The first-order chi connectivity index (χ1) is 13.4. The molecule has 6 nitrogen and oxygen atoms in total. The second-order valence-electron chi connectivity index (χ2n) is 6.12. The molecule has 0 aliphatic carbocycles. The third-order valence-electron chi connectivity index (χ3n) is 3.97. The minimum Gasteiger partial charge on any atom is -0.360 e. The largest absolute Gasteiger partial charge is 0.360 e. The zero-order valence-electron chi connectivity index (χ0n) is 14.9. The summed E-state index contributed by atoms with van der Waals surface area (Å²) in [7, 11) is 0. The zero-order chi connectivity index (χ0) is 20.1. The second-order valence-corrected chi connectivity index (χ2v) is 6.53. The molecule has 0 saturated heterocycles. The van der Waals surface area contributed by atoms with Crippen molar-refractivity contribution in [3.63, 3.8) is 0 Å². The maximum absolute atomic E-state index is 14.1. The monoisotopic (exact) mass is 401 g/mol. The van der Waals surface area contributed by atoms with E-state index in [0.29, 0.717) is 5.76 Å². The number of nitrogens with one attached hydrogen (secondary N) is 2. The third kappa shape index (κ3) is 4.75. The van der Waals surface area contributed by atoms with Crippen LogP contribution in [0.3, 0.4) is 0 Å². The van der Waals surface area contributed by atoms with Gasteiger partial charge in [-0.3, -0.25) is 9.59 Å². The van der Waals surface area contributed by atoms with Crippen LogP contribution in [0.5, 0.6) is 0 Å². The van der Waals surface area contributed by atoms with Gasteiger partial charge in [-0.1, -0.05) is 53.2 Å². The molecule has 2 amide bonds. The smallest absolute Gasteiger partial charge is 0.256 e. The Bertz CT molecular complexity index is 971. The van der Waals surface area contributed by atoms with Crippen molar-refractivity contribution in [2.45, 2.75) is 19.4 Å². The Morgan fingerprint density at radius 2 is 1.93 bits per heavy atom. The Hall–Kier alpha value is -3.19. The van der Waals surface area contributed by atoms with E-state index in [9.17, 15) is 14.0 Å². The minimum atomic E-state index is -0.984. The number of halogens is 2. The molecule has 1 heterocycles. The average Bonchev–Trinajstić information content (AvgIpc) is 3.06. The molecule has 0 spiro atoms. The molecule has 0 unspecified atom stereocenters. The lowest BCUT2D eigenvalue weighted by Gasteiger charge is -2.18. The quantitative estimate of drug-likeness (QED) is 0.658. The van der Waals surface area contributed by atoms with Gasteiger partial charge < -0.3 is 15.2 Å². The second kappa shape index (κ2) is 8.67. The number of aryl methyl sites for hydroxylation is 1. The van der Waals surface area contributed by atoms with Crippen molar-refractivity contribution in [1.82, 2.24) is 10.5 Å². The van der Waals surface area contributed by atoms with Gasteiger partial charge in [-0.2, -0.15) is 0 Å². The lowest BCUT2D eigenvalue weighted by molar-refractivity contribution is -0.118. The van der Waals surface area contributed by atoms with Gasteiger partial charge in [-0.05, 0) is 24.6 Å². The van der Waals surface area contributed by atoms with Gasteiger partial charge in [-0.25, -0.2) is 4.39 Å². The summed E-state index contributed by atoms with van der Waals surface area (Å²) in [5.74, 6) is -1.32. The molecule has 3 rings (SSSR count). The van der Waals surface area contributed by atoms with Crippen LogP contribution < -0.4 is 10.6 Å². The summed E-state index contributed by atoms with van der Waals surface area (Å²) in [5.41, 5.74) is 0.506. The van der Waals surface area contributed by atoms with Gasteiger partial charge in [0.05, 0.1) is 10.6 Å². The van der Waals surface area contributed by atoms with Crippen molar-refractivity contribution in [3.05, 3.63) is 82.3 Å². The first kappa shape index (κ1) is 19.6. The maximum atomic E-state index is 14.1. The van der Waals surface area contributed by atoms with E-state index in [-0.39, 0.29) is 22.8 Å². The summed E-state index contributed by atoms with van der Waals surface area (Å²) in [4.78, 5) is 25.3. The van der Waals surface area contributed by atoms with E-state index in [1.54, 1.807) is 13.0 Å². The van der Waals surface area contributed by atoms with E-state index in [0.717, 1.165) is 11.6 Å². The number of benzene rings is 2. The van der Waals surface area contributed by atoms with Gasteiger partial charge in [0.2, 0.25) is 5.91 Å². The van der Waals surface area contributed by atoms with Crippen LogP contribution in [0.25, 0.3) is 0 Å². The molecule has 144 valence electrons. The molecule has 8 heteroatoms. The minimum absolute atomic E-state index is 0.0384. The van der Waals surface area contributed by atoms with Crippen molar-refractivity contribution in [3.8, 4) is 0 Å². The number of amides is 2. The lowest BCUT2D eigenvalue weighted by Crippen LogP contribution is -2.45. The molecule has 2 N–H and O–H groups in total. The number of hydrogen-bond donors (Lipinski definition) is 2. The van der Waals surface area contributed by atoms with E-state index < -0.39 is 23.7 Å². The Morgan fingerprint density at radius 1 is 1.18 bits per heavy atom. The first-order valence-electron chi connectivity index (χ1n) is 8.47. The van der Waals surface area contributed by atoms with Crippen LogP contribution >= 0.6 is 11.6 Å². The number of carbonyl (C=O) groups is 2. The summed E-state index contributed by atoms with van der Waals surface area (Å²) >= 11 is 5.96. The molecule has 1 aromatic heterocycles. The number of anilines is 1. The molecule has 1 atom stereocenters. The Morgan fingerprint density at radius 3 is 2.57 bits per heavy atom. The standard InChI is InChI=1S/C20H17ClFN3O3/c1-12-10-17(25-28-12)24-19(26)16(11-13-6-3-2-4-7-13)23-20(27)18-14(21)8-5-9-15(18)22/h2-10,16H,11H2,1H3,(H,23,27)(H,24,25,26)/t16-/m0/s1. The fourth-order valence-electron chi connectivity index (χ4n) is 2.64. The molecule has 28 heavy (non-hydrogen) atoms. The van der Waals surface area contributed by atoms with E-state index in [1.165, 1.54) is 12.1 Å². The summed E-state index contributed by atoms with van der Waals surface area (Å²) in [6, 6.07) is 13.6.